The zero-order valence-electron chi connectivity index (χ0n) is 17.7. The maximum Gasteiger partial charge on any atom is 0.329 e. The van der Waals surface area contributed by atoms with Crippen LogP contribution in [0.1, 0.15) is 25.8 Å². The summed E-state index contributed by atoms with van der Waals surface area (Å²) in [6.07, 6.45) is 2.08. The molecule has 2 aromatic carbocycles. The summed E-state index contributed by atoms with van der Waals surface area (Å²) in [6, 6.07) is 13.9. The molecule has 9 heteroatoms. The minimum Gasteiger partial charge on any atom is -0.493 e. The van der Waals surface area contributed by atoms with Gasteiger partial charge in [-0.1, -0.05) is 25.1 Å². The van der Waals surface area contributed by atoms with Crippen LogP contribution in [0.25, 0.3) is 0 Å². The summed E-state index contributed by atoms with van der Waals surface area (Å²) in [5.41, 5.74) is 3.44. The molecular weight excluding hydrogens is 400 g/mol. The van der Waals surface area contributed by atoms with Crippen LogP contribution < -0.4 is 25.5 Å². The number of nitrogens with one attached hydrogen (secondary N) is 3. The molecule has 0 aliphatic rings. The van der Waals surface area contributed by atoms with E-state index >= 15 is 0 Å². The van der Waals surface area contributed by atoms with Crippen molar-refractivity contribution in [3.8, 4) is 11.5 Å². The van der Waals surface area contributed by atoms with Crippen molar-refractivity contribution in [2.24, 2.45) is 5.10 Å². The maximum absolute atomic E-state index is 12.0. The summed E-state index contributed by atoms with van der Waals surface area (Å²) in [7, 11) is 1.47. The van der Waals surface area contributed by atoms with E-state index in [0.717, 1.165) is 0 Å². The summed E-state index contributed by atoms with van der Waals surface area (Å²) < 4.78 is 10.8. The van der Waals surface area contributed by atoms with Crippen molar-refractivity contribution in [3.05, 3.63) is 54.1 Å². The molecule has 0 spiro atoms. The van der Waals surface area contributed by atoms with E-state index in [0.29, 0.717) is 29.2 Å². The van der Waals surface area contributed by atoms with Gasteiger partial charge in [-0.25, -0.2) is 5.43 Å². The number of hydrogen-bond acceptors (Lipinski definition) is 6. The molecule has 9 nitrogen and oxygen atoms in total. The van der Waals surface area contributed by atoms with Crippen molar-refractivity contribution in [1.29, 1.82) is 0 Å². The number of carbonyl (C=O) groups excluding carboxylic acids is 3. The van der Waals surface area contributed by atoms with E-state index in [1.165, 1.54) is 13.3 Å². The molecule has 2 rings (SSSR count). The number of methoxy groups -OCH3 is 1. The van der Waals surface area contributed by atoms with Crippen molar-refractivity contribution in [2.45, 2.75) is 26.3 Å². The van der Waals surface area contributed by atoms with E-state index < -0.39 is 11.8 Å². The highest BCUT2D eigenvalue weighted by atomic mass is 16.5. The first-order valence-corrected chi connectivity index (χ1v) is 9.72. The number of para-hydroxylation sites is 1. The summed E-state index contributed by atoms with van der Waals surface area (Å²) in [5.74, 6) is -1.15. The van der Waals surface area contributed by atoms with Crippen molar-refractivity contribution < 1.29 is 23.9 Å². The lowest BCUT2D eigenvalue weighted by molar-refractivity contribution is -0.139. The molecule has 0 aromatic heterocycles. The van der Waals surface area contributed by atoms with Crippen LogP contribution >= 0.6 is 0 Å². The number of hydrogen-bond donors (Lipinski definition) is 3. The van der Waals surface area contributed by atoms with Gasteiger partial charge >= 0.3 is 11.8 Å². The van der Waals surface area contributed by atoms with E-state index in [1.807, 2.05) is 25.1 Å². The Balaban J connectivity index is 1.90. The standard InChI is InChI=1S/C22H26N4O5/c1-4-15(2)24-21(28)22(29)26-23-13-16-10-11-18(19(12-16)30-3)31-14-20(27)25-17-8-6-5-7-9-17/h5-13,15H,4,14H2,1-3H3,(H,24,28)(H,25,27)(H,26,29)/b23-13-/t15-/m1/s1. The minimum absolute atomic E-state index is 0.103. The van der Waals surface area contributed by atoms with Crippen molar-refractivity contribution in [2.75, 3.05) is 19.0 Å². The van der Waals surface area contributed by atoms with Crippen molar-refractivity contribution >= 4 is 29.6 Å². The van der Waals surface area contributed by atoms with Crippen LogP contribution in [0.4, 0.5) is 5.69 Å². The van der Waals surface area contributed by atoms with Crippen LogP contribution in [0.2, 0.25) is 0 Å². The molecule has 0 saturated carbocycles. The molecule has 2 aromatic rings. The SMILES string of the molecule is CC[C@@H](C)NC(=O)C(=O)N/N=C\c1ccc(OCC(=O)Nc2ccccc2)c(OC)c1. The molecule has 0 aliphatic carbocycles. The predicted octanol–water partition coefficient (Wildman–Crippen LogP) is 2.08. The van der Waals surface area contributed by atoms with E-state index in [4.69, 9.17) is 9.47 Å². The molecule has 3 amide bonds. The molecule has 1 atom stereocenters. The van der Waals surface area contributed by atoms with E-state index in [9.17, 15) is 14.4 Å². The van der Waals surface area contributed by atoms with Crippen LogP contribution in [-0.4, -0.2) is 43.7 Å². The monoisotopic (exact) mass is 426 g/mol. The summed E-state index contributed by atoms with van der Waals surface area (Å²) in [4.78, 5) is 35.4. The topological polar surface area (TPSA) is 118 Å². The Morgan fingerprint density at radius 1 is 1.06 bits per heavy atom. The molecular formula is C22H26N4O5. The Morgan fingerprint density at radius 3 is 2.48 bits per heavy atom. The normalized spacial score (nSPS) is 11.5. The Hall–Kier alpha value is -3.88. The van der Waals surface area contributed by atoms with Crippen LogP contribution in [0.15, 0.2) is 53.6 Å². The fraction of sp³-hybridized carbons (Fsp3) is 0.273. The smallest absolute Gasteiger partial charge is 0.329 e. The largest absolute Gasteiger partial charge is 0.493 e. The highest BCUT2D eigenvalue weighted by molar-refractivity contribution is 6.35. The van der Waals surface area contributed by atoms with Crippen LogP contribution in [0.5, 0.6) is 11.5 Å². The van der Waals surface area contributed by atoms with Crippen LogP contribution in [-0.2, 0) is 14.4 Å². The molecule has 0 bridgehead atoms. The highest BCUT2D eigenvalue weighted by Crippen LogP contribution is 2.27. The van der Waals surface area contributed by atoms with Gasteiger partial charge < -0.3 is 20.1 Å². The van der Waals surface area contributed by atoms with Gasteiger partial charge in [0.05, 0.1) is 13.3 Å². The third-order valence-electron chi connectivity index (χ3n) is 4.18. The molecule has 0 aliphatic heterocycles. The predicted molar refractivity (Wildman–Crippen MR) is 117 cm³/mol. The lowest BCUT2D eigenvalue weighted by Crippen LogP contribution is -2.41. The molecule has 0 saturated heterocycles. The highest BCUT2D eigenvalue weighted by Gasteiger charge is 2.14. The number of nitrogens with zero attached hydrogens (tertiary/aromatic N) is 1. The molecule has 0 radical (unpaired) electrons. The third kappa shape index (κ3) is 7.81. The average Bonchev–Trinajstić information content (AvgIpc) is 2.78. The zero-order valence-corrected chi connectivity index (χ0v) is 17.7. The molecule has 0 heterocycles. The Bertz CT molecular complexity index is 931. The fourth-order valence-electron chi connectivity index (χ4n) is 2.35. The van der Waals surface area contributed by atoms with E-state index in [2.05, 4.69) is 21.2 Å². The average molecular weight is 426 g/mol. The first-order valence-electron chi connectivity index (χ1n) is 9.72. The van der Waals surface area contributed by atoms with E-state index in [1.54, 1.807) is 37.3 Å². The molecule has 0 fully saturated rings. The lowest BCUT2D eigenvalue weighted by atomic mass is 10.2. The summed E-state index contributed by atoms with van der Waals surface area (Å²) in [5, 5.41) is 9.05. The van der Waals surface area contributed by atoms with Gasteiger partial charge in [0, 0.05) is 11.7 Å². The molecule has 0 unspecified atom stereocenters. The third-order valence-corrected chi connectivity index (χ3v) is 4.18. The van der Waals surface area contributed by atoms with Crippen molar-refractivity contribution in [1.82, 2.24) is 10.7 Å². The van der Waals surface area contributed by atoms with Crippen LogP contribution in [0.3, 0.4) is 0 Å². The first kappa shape index (κ1) is 23.4. The number of benzene rings is 2. The van der Waals surface area contributed by atoms with Crippen LogP contribution in [0, 0.1) is 0 Å². The Morgan fingerprint density at radius 2 is 1.81 bits per heavy atom. The molecule has 31 heavy (non-hydrogen) atoms. The maximum atomic E-state index is 12.0. The van der Waals surface area contributed by atoms with E-state index in [-0.39, 0.29) is 18.6 Å². The zero-order chi connectivity index (χ0) is 22.6. The van der Waals surface area contributed by atoms with Gasteiger partial charge in [0.2, 0.25) is 0 Å². The van der Waals surface area contributed by atoms with Gasteiger partial charge in [-0.15, -0.1) is 0 Å². The van der Waals surface area contributed by atoms with Crippen molar-refractivity contribution in [3.63, 3.8) is 0 Å². The van der Waals surface area contributed by atoms with Gasteiger partial charge in [-0.2, -0.15) is 5.10 Å². The summed E-state index contributed by atoms with van der Waals surface area (Å²) in [6.45, 7) is 3.51. The van der Waals surface area contributed by atoms with Gasteiger partial charge in [-0.05, 0) is 49.2 Å². The second kappa shape index (κ2) is 12.0. The molecule has 3 N–H and O–H groups in total. The first-order chi connectivity index (χ1) is 14.9. The number of anilines is 1. The Kier molecular flexibility index (Phi) is 9.03. The number of hydrazone groups is 1. The number of carbonyl (C=O) groups is 3. The second-order valence-electron chi connectivity index (χ2n) is 6.60. The van der Waals surface area contributed by atoms with Gasteiger partial charge in [0.1, 0.15) is 0 Å². The van der Waals surface area contributed by atoms with Gasteiger partial charge in [0.15, 0.2) is 18.1 Å². The number of rotatable bonds is 9. The fourth-order valence-corrected chi connectivity index (χ4v) is 2.35. The lowest BCUT2D eigenvalue weighted by Gasteiger charge is -2.11. The number of ether oxygens (including phenoxy) is 2. The number of amides is 3. The second-order valence-corrected chi connectivity index (χ2v) is 6.60. The molecule has 164 valence electrons. The minimum atomic E-state index is -0.854. The quantitative estimate of drug-likeness (QED) is 0.322. The Labute approximate surface area is 180 Å². The summed E-state index contributed by atoms with van der Waals surface area (Å²) >= 11 is 0. The van der Waals surface area contributed by atoms with Gasteiger partial charge in [0.25, 0.3) is 5.91 Å². The van der Waals surface area contributed by atoms with Gasteiger partial charge in [-0.3, -0.25) is 14.4 Å².